The number of hydrogen-bond acceptors (Lipinski definition) is 2. The van der Waals surface area contributed by atoms with Gasteiger partial charge >= 0.3 is 11.9 Å². The van der Waals surface area contributed by atoms with E-state index in [0.717, 1.165) is 12.8 Å². The first-order valence-electron chi connectivity index (χ1n) is 9.19. The average Bonchev–Trinajstić information content (AvgIpc) is 2.50. The van der Waals surface area contributed by atoms with Crippen molar-refractivity contribution in [1.82, 2.24) is 0 Å². The van der Waals surface area contributed by atoms with Gasteiger partial charge in [-0.1, -0.05) is 76.9 Å². The van der Waals surface area contributed by atoms with Crippen LogP contribution >= 0.6 is 0 Å². The molecule has 0 aliphatic rings. The van der Waals surface area contributed by atoms with Crippen LogP contribution in [-0.2, 0) is 9.59 Å². The molecule has 0 saturated heterocycles. The summed E-state index contributed by atoms with van der Waals surface area (Å²) < 4.78 is 0. The number of allylic oxidation sites excluding steroid dienone is 1. The van der Waals surface area contributed by atoms with Crippen LogP contribution in [0.25, 0.3) is 0 Å². The van der Waals surface area contributed by atoms with Gasteiger partial charge in [-0.25, -0.2) is 0 Å². The smallest absolute Gasteiger partial charge is 0.310 e. The van der Waals surface area contributed by atoms with Gasteiger partial charge in [-0.05, 0) is 19.3 Å². The van der Waals surface area contributed by atoms with Gasteiger partial charge in [-0.15, -0.1) is 0 Å². The Hall–Kier alpha value is -1.32. The highest BCUT2D eigenvalue weighted by Gasteiger charge is 2.14. The van der Waals surface area contributed by atoms with Crippen molar-refractivity contribution in [3.05, 3.63) is 12.2 Å². The highest BCUT2D eigenvalue weighted by atomic mass is 16.4. The molecule has 0 aromatic heterocycles. The average molecular weight is 326 g/mol. The third kappa shape index (κ3) is 15.4. The lowest BCUT2D eigenvalue weighted by atomic mass is 10.0. The van der Waals surface area contributed by atoms with E-state index < -0.39 is 17.9 Å². The Morgan fingerprint density at radius 2 is 1.39 bits per heavy atom. The molecule has 0 fully saturated rings. The summed E-state index contributed by atoms with van der Waals surface area (Å²) in [5, 5.41) is 17.6. The zero-order chi connectivity index (χ0) is 17.3. The molecular weight excluding hydrogens is 292 g/mol. The van der Waals surface area contributed by atoms with Gasteiger partial charge in [0.25, 0.3) is 0 Å². The third-order valence-corrected chi connectivity index (χ3v) is 4.08. The largest absolute Gasteiger partial charge is 0.481 e. The molecule has 2 N–H and O–H groups in total. The van der Waals surface area contributed by atoms with E-state index in [0.29, 0.717) is 0 Å². The van der Waals surface area contributed by atoms with Crippen LogP contribution in [-0.4, -0.2) is 22.2 Å². The zero-order valence-electron chi connectivity index (χ0n) is 14.6. The molecule has 0 aromatic carbocycles. The predicted octanol–water partition coefficient (Wildman–Crippen LogP) is 5.42. The number of carbonyl (C=O) groups is 2. The van der Waals surface area contributed by atoms with Crippen molar-refractivity contribution in [2.75, 3.05) is 0 Å². The van der Waals surface area contributed by atoms with Gasteiger partial charge in [-0.3, -0.25) is 9.59 Å². The molecule has 0 amide bonds. The molecule has 0 heterocycles. The molecular formula is C19H34O4. The maximum Gasteiger partial charge on any atom is 0.310 e. The minimum atomic E-state index is -0.945. The monoisotopic (exact) mass is 326 g/mol. The maximum absolute atomic E-state index is 11.0. The summed E-state index contributed by atoms with van der Waals surface area (Å²) in [5.41, 5.74) is 0. The van der Waals surface area contributed by atoms with Gasteiger partial charge in [-0.2, -0.15) is 0 Å². The Bertz CT molecular complexity index is 336. The topological polar surface area (TPSA) is 74.6 Å². The first-order chi connectivity index (χ1) is 11.1. The second-order valence-electron chi connectivity index (χ2n) is 6.28. The van der Waals surface area contributed by atoms with Gasteiger partial charge in [0, 0.05) is 6.42 Å². The minimum absolute atomic E-state index is 0.0977. The van der Waals surface area contributed by atoms with Crippen LogP contribution in [0.3, 0.4) is 0 Å². The van der Waals surface area contributed by atoms with E-state index in [1.165, 1.54) is 57.8 Å². The molecule has 0 rings (SSSR count). The van der Waals surface area contributed by atoms with Gasteiger partial charge < -0.3 is 10.2 Å². The van der Waals surface area contributed by atoms with Crippen LogP contribution in [0.5, 0.6) is 0 Å². The minimum Gasteiger partial charge on any atom is -0.481 e. The van der Waals surface area contributed by atoms with Crippen LogP contribution in [0, 0.1) is 5.92 Å². The second kappa shape index (κ2) is 15.6. The molecule has 23 heavy (non-hydrogen) atoms. The van der Waals surface area contributed by atoms with E-state index in [4.69, 9.17) is 10.2 Å². The Kier molecular flexibility index (Phi) is 14.7. The normalized spacial score (nSPS) is 12.6. The zero-order valence-corrected chi connectivity index (χ0v) is 14.6. The Labute approximate surface area is 141 Å². The molecule has 134 valence electrons. The van der Waals surface area contributed by atoms with Crippen LogP contribution < -0.4 is 0 Å². The molecule has 1 unspecified atom stereocenters. The van der Waals surface area contributed by atoms with Gasteiger partial charge in [0.1, 0.15) is 0 Å². The van der Waals surface area contributed by atoms with Crippen molar-refractivity contribution in [3.63, 3.8) is 0 Å². The SMILES string of the molecule is CCCCCCCCCCCC/C=C/C(CCC(=O)O)C(=O)O. The summed E-state index contributed by atoms with van der Waals surface area (Å²) >= 11 is 0. The highest BCUT2D eigenvalue weighted by Crippen LogP contribution is 2.13. The van der Waals surface area contributed by atoms with Gasteiger partial charge in [0.15, 0.2) is 0 Å². The van der Waals surface area contributed by atoms with Gasteiger partial charge in [0.2, 0.25) is 0 Å². The lowest BCUT2D eigenvalue weighted by molar-refractivity contribution is -0.141. The fourth-order valence-corrected chi connectivity index (χ4v) is 2.59. The molecule has 0 spiro atoms. The summed E-state index contributed by atoms with van der Waals surface area (Å²) in [4.78, 5) is 21.5. The van der Waals surface area contributed by atoms with Crippen molar-refractivity contribution >= 4 is 11.9 Å². The molecule has 1 atom stereocenters. The fourth-order valence-electron chi connectivity index (χ4n) is 2.59. The molecule has 0 bridgehead atoms. The standard InChI is InChI=1S/C19H34O4/c1-2-3-4-5-6-7-8-9-10-11-12-13-14-17(19(22)23)15-16-18(20)21/h13-14,17H,2-12,15-16H2,1H3,(H,20,21)(H,22,23)/b14-13+. The Morgan fingerprint density at radius 1 is 0.870 bits per heavy atom. The number of carboxylic acid groups (broad SMARTS) is 2. The maximum atomic E-state index is 11.0. The first-order valence-corrected chi connectivity index (χ1v) is 9.19. The van der Waals surface area contributed by atoms with E-state index in [2.05, 4.69) is 6.92 Å². The summed E-state index contributed by atoms with van der Waals surface area (Å²) in [7, 11) is 0. The second-order valence-corrected chi connectivity index (χ2v) is 6.28. The number of rotatable bonds is 16. The first kappa shape index (κ1) is 21.7. The fraction of sp³-hybridized carbons (Fsp3) is 0.789. The molecule has 4 heteroatoms. The van der Waals surface area contributed by atoms with E-state index in [1.54, 1.807) is 6.08 Å². The number of carboxylic acids is 2. The van der Waals surface area contributed by atoms with Crippen LogP contribution in [0.15, 0.2) is 12.2 Å². The number of hydrogen-bond donors (Lipinski definition) is 2. The predicted molar refractivity (Wildman–Crippen MR) is 93.6 cm³/mol. The van der Waals surface area contributed by atoms with Crippen molar-refractivity contribution in [2.24, 2.45) is 5.92 Å². The van der Waals surface area contributed by atoms with Crippen molar-refractivity contribution in [3.8, 4) is 0 Å². The molecule has 0 aliphatic heterocycles. The van der Waals surface area contributed by atoms with Crippen LogP contribution in [0.1, 0.15) is 90.4 Å². The Morgan fingerprint density at radius 3 is 1.87 bits per heavy atom. The molecule has 0 saturated carbocycles. The highest BCUT2D eigenvalue weighted by molar-refractivity contribution is 5.73. The summed E-state index contributed by atoms with van der Waals surface area (Å²) in [6.07, 6.45) is 17.4. The molecule has 0 radical (unpaired) electrons. The molecule has 0 aliphatic carbocycles. The van der Waals surface area contributed by atoms with Crippen molar-refractivity contribution in [1.29, 1.82) is 0 Å². The van der Waals surface area contributed by atoms with Crippen molar-refractivity contribution in [2.45, 2.75) is 90.4 Å². The molecule has 4 nitrogen and oxygen atoms in total. The quantitative estimate of drug-likeness (QED) is 0.293. The van der Waals surface area contributed by atoms with Gasteiger partial charge in [0.05, 0.1) is 5.92 Å². The molecule has 0 aromatic rings. The number of aliphatic carboxylic acids is 2. The Balaban J connectivity index is 3.53. The summed E-state index contributed by atoms with van der Waals surface area (Å²) in [6.45, 7) is 2.24. The van der Waals surface area contributed by atoms with E-state index in [-0.39, 0.29) is 12.8 Å². The van der Waals surface area contributed by atoms with Crippen LogP contribution in [0.2, 0.25) is 0 Å². The third-order valence-electron chi connectivity index (χ3n) is 4.08. The summed E-state index contributed by atoms with van der Waals surface area (Å²) in [6, 6.07) is 0. The summed E-state index contributed by atoms with van der Waals surface area (Å²) in [5.74, 6) is -2.56. The van der Waals surface area contributed by atoms with E-state index in [9.17, 15) is 9.59 Å². The number of unbranched alkanes of at least 4 members (excludes halogenated alkanes) is 10. The van der Waals surface area contributed by atoms with E-state index in [1.807, 2.05) is 6.08 Å². The van der Waals surface area contributed by atoms with E-state index >= 15 is 0 Å². The lowest BCUT2D eigenvalue weighted by Crippen LogP contribution is -2.12. The lowest BCUT2D eigenvalue weighted by Gasteiger charge is -2.05. The van der Waals surface area contributed by atoms with Crippen molar-refractivity contribution < 1.29 is 19.8 Å². The van der Waals surface area contributed by atoms with Crippen LogP contribution in [0.4, 0.5) is 0 Å².